The molecule has 140 valence electrons. The highest BCUT2D eigenvalue weighted by molar-refractivity contribution is 5.93. The zero-order valence-corrected chi connectivity index (χ0v) is 15.0. The quantitative estimate of drug-likeness (QED) is 0.572. The summed E-state index contributed by atoms with van der Waals surface area (Å²) in [6.07, 6.45) is 0.607. The van der Waals surface area contributed by atoms with Crippen LogP contribution in [0.3, 0.4) is 0 Å². The number of carbonyl (C=O) groups is 1. The monoisotopic (exact) mass is 354 g/mol. The van der Waals surface area contributed by atoms with Gasteiger partial charge in [0, 0.05) is 13.1 Å². The Labute approximate surface area is 146 Å². The van der Waals surface area contributed by atoms with Crippen molar-refractivity contribution >= 4 is 5.91 Å². The SMILES string of the molecule is C[C@@H](O)C(c1nnco1)N1CC2(CCCN2C(O)OC(C)(C)C)C1=O. The second kappa shape index (κ2) is 6.31. The van der Waals surface area contributed by atoms with Gasteiger partial charge in [0.05, 0.1) is 11.7 Å². The van der Waals surface area contributed by atoms with Gasteiger partial charge in [-0.3, -0.25) is 4.79 Å². The Morgan fingerprint density at radius 2 is 2.12 bits per heavy atom. The largest absolute Gasteiger partial charge is 0.426 e. The molecule has 0 saturated carbocycles. The molecule has 0 bridgehead atoms. The van der Waals surface area contributed by atoms with Gasteiger partial charge in [0.25, 0.3) is 0 Å². The van der Waals surface area contributed by atoms with E-state index in [0.717, 1.165) is 6.42 Å². The number of aliphatic hydroxyl groups is 2. The summed E-state index contributed by atoms with van der Waals surface area (Å²) in [5.41, 5.74) is -1.32. The maximum absolute atomic E-state index is 13.0. The number of hydrogen-bond acceptors (Lipinski definition) is 8. The molecule has 4 atom stereocenters. The van der Waals surface area contributed by atoms with Gasteiger partial charge < -0.3 is 24.3 Å². The Morgan fingerprint density at radius 3 is 2.64 bits per heavy atom. The summed E-state index contributed by atoms with van der Waals surface area (Å²) >= 11 is 0. The van der Waals surface area contributed by atoms with Gasteiger partial charge in [-0.1, -0.05) is 0 Å². The molecule has 9 nitrogen and oxygen atoms in total. The zero-order valence-electron chi connectivity index (χ0n) is 15.0. The Balaban J connectivity index is 1.77. The van der Waals surface area contributed by atoms with E-state index in [1.807, 2.05) is 20.8 Å². The summed E-state index contributed by atoms with van der Waals surface area (Å²) in [4.78, 5) is 16.3. The molecule has 3 rings (SSSR count). The Bertz CT molecular complexity index is 615. The molecule has 2 aliphatic rings. The second-order valence-electron chi connectivity index (χ2n) is 7.78. The normalized spacial score (nSPS) is 28.2. The molecule has 3 unspecified atom stereocenters. The molecule has 0 aliphatic carbocycles. The number of rotatable bonds is 5. The predicted molar refractivity (Wildman–Crippen MR) is 85.9 cm³/mol. The molecular formula is C16H26N4O5. The van der Waals surface area contributed by atoms with Crippen molar-refractivity contribution in [2.75, 3.05) is 13.1 Å². The van der Waals surface area contributed by atoms with Gasteiger partial charge in [-0.2, -0.15) is 0 Å². The van der Waals surface area contributed by atoms with Crippen molar-refractivity contribution in [2.24, 2.45) is 0 Å². The first kappa shape index (κ1) is 18.2. The highest BCUT2D eigenvalue weighted by atomic mass is 16.6. The van der Waals surface area contributed by atoms with E-state index in [1.54, 1.807) is 11.8 Å². The average molecular weight is 354 g/mol. The molecule has 1 aromatic rings. The van der Waals surface area contributed by atoms with Crippen LogP contribution in [0.4, 0.5) is 0 Å². The summed E-state index contributed by atoms with van der Waals surface area (Å²) in [5, 5.41) is 28.0. The molecule has 0 radical (unpaired) electrons. The lowest BCUT2D eigenvalue weighted by molar-refractivity contribution is -0.265. The third-order valence-electron chi connectivity index (χ3n) is 4.78. The fraction of sp³-hybridized carbons (Fsp3) is 0.812. The van der Waals surface area contributed by atoms with Crippen molar-refractivity contribution in [2.45, 2.75) is 70.2 Å². The van der Waals surface area contributed by atoms with Crippen LogP contribution in [-0.4, -0.2) is 72.9 Å². The fourth-order valence-electron chi connectivity index (χ4n) is 3.73. The van der Waals surface area contributed by atoms with Crippen LogP contribution in [0.5, 0.6) is 0 Å². The molecular weight excluding hydrogens is 328 g/mol. The van der Waals surface area contributed by atoms with Gasteiger partial charge >= 0.3 is 0 Å². The summed E-state index contributed by atoms with van der Waals surface area (Å²) in [6.45, 7) is 8.09. The molecule has 1 aromatic heterocycles. The van der Waals surface area contributed by atoms with E-state index in [-0.39, 0.29) is 11.8 Å². The Hall–Kier alpha value is -1.55. The molecule has 2 N–H and O–H groups in total. The van der Waals surface area contributed by atoms with Gasteiger partial charge in [0.15, 0.2) is 0 Å². The van der Waals surface area contributed by atoms with Crippen LogP contribution in [0.2, 0.25) is 0 Å². The van der Waals surface area contributed by atoms with E-state index < -0.39 is 29.7 Å². The van der Waals surface area contributed by atoms with Crippen LogP contribution in [0.1, 0.15) is 52.5 Å². The van der Waals surface area contributed by atoms with E-state index in [1.165, 1.54) is 11.3 Å². The van der Waals surface area contributed by atoms with Crippen LogP contribution in [0, 0.1) is 0 Å². The molecule has 25 heavy (non-hydrogen) atoms. The van der Waals surface area contributed by atoms with Crippen molar-refractivity contribution in [1.29, 1.82) is 0 Å². The maximum atomic E-state index is 13.0. The summed E-state index contributed by atoms with van der Waals surface area (Å²) in [5.74, 6) is 0.0416. The van der Waals surface area contributed by atoms with Crippen LogP contribution in [-0.2, 0) is 9.53 Å². The van der Waals surface area contributed by atoms with Crippen LogP contribution < -0.4 is 0 Å². The van der Waals surface area contributed by atoms with Gasteiger partial charge in [-0.15, -0.1) is 10.2 Å². The van der Waals surface area contributed by atoms with Crippen molar-refractivity contribution in [3.8, 4) is 0 Å². The van der Waals surface area contributed by atoms with E-state index in [0.29, 0.717) is 19.5 Å². The minimum Gasteiger partial charge on any atom is -0.426 e. The number of nitrogens with zero attached hydrogens (tertiary/aromatic N) is 4. The van der Waals surface area contributed by atoms with Crippen molar-refractivity contribution < 1.29 is 24.2 Å². The summed E-state index contributed by atoms with van der Waals surface area (Å²) in [6, 6.07) is -0.691. The molecule has 9 heteroatoms. The lowest BCUT2D eigenvalue weighted by Crippen LogP contribution is -2.74. The van der Waals surface area contributed by atoms with E-state index >= 15 is 0 Å². The third-order valence-corrected chi connectivity index (χ3v) is 4.78. The van der Waals surface area contributed by atoms with Gasteiger partial charge in [0.2, 0.25) is 24.6 Å². The predicted octanol–water partition coefficient (Wildman–Crippen LogP) is 0.259. The lowest BCUT2D eigenvalue weighted by Gasteiger charge is -2.54. The molecule has 3 heterocycles. The van der Waals surface area contributed by atoms with Gasteiger partial charge in [-0.05, 0) is 40.5 Å². The molecule has 1 spiro atoms. The minimum absolute atomic E-state index is 0.161. The van der Waals surface area contributed by atoms with Crippen molar-refractivity contribution in [1.82, 2.24) is 20.0 Å². The van der Waals surface area contributed by atoms with Crippen molar-refractivity contribution in [3.05, 3.63) is 12.3 Å². The topological polar surface area (TPSA) is 112 Å². The molecule has 2 fully saturated rings. The standard InChI is InChI=1S/C16H26N4O5/c1-10(21)11(12-18-17-9-24-12)19-8-16(13(19)22)6-5-7-20(16)14(23)25-15(2,3)4/h9-11,14,21,23H,5-8H2,1-4H3/t10-,11?,14?,16?/m1/s1. The van der Waals surface area contributed by atoms with Crippen LogP contribution in [0.15, 0.2) is 10.8 Å². The van der Waals surface area contributed by atoms with Gasteiger partial charge in [-0.25, -0.2) is 4.90 Å². The average Bonchev–Trinajstić information content (AvgIpc) is 3.14. The molecule has 2 aliphatic heterocycles. The number of carbonyl (C=O) groups excluding carboxylic acids is 1. The molecule has 0 aromatic carbocycles. The van der Waals surface area contributed by atoms with Crippen molar-refractivity contribution in [3.63, 3.8) is 0 Å². The van der Waals surface area contributed by atoms with E-state index in [9.17, 15) is 15.0 Å². The van der Waals surface area contributed by atoms with Crippen LogP contribution >= 0.6 is 0 Å². The highest BCUT2D eigenvalue weighted by Gasteiger charge is 2.62. The number of likely N-dealkylation sites (tertiary alicyclic amines) is 2. The Morgan fingerprint density at radius 1 is 1.40 bits per heavy atom. The van der Waals surface area contributed by atoms with E-state index in [2.05, 4.69) is 10.2 Å². The third kappa shape index (κ3) is 3.17. The maximum Gasteiger partial charge on any atom is 0.245 e. The number of amides is 1. The number of hydrogen-bond donors (Lipinski definition) is 2. The molecule has 2 saturated heterocycles. The lowest BCUT2D eigenvalue weighted by atomic mass is 9.83. The molecule has 1 amide bonds. The first-order valence-electron chi connectivity index (χ1n) is 8.53. The highest BCUT2D eigenvalue weighted by Crippen LogP contribution is 2.44. The number of β-lactam (4-membered cyclic amide) rings is 1. The van der Waals surface area contributed by atoms with Gasteiger partial charge in [0.1, 0.15) is 11.6 Å². The van der Waals surface area contributed by atoms with Crippen LogP contribution in [0.25, 0.3) is 0 Å². The zero-order chi connectivity index (χ0) is 18.4. The first-order valence-corrected chi connectivity index (χ1v) is 8.53. The fourth-order valence-corrected chi connectivity index (χ4v) is 3.73. The second-order valence-corrected chi connectivity index (χ2v) is 7.78. The number of aromatic nitrogens is 2. The van der Waals surface area contributed by atoms with E-state index in [4.69, 9.17) is 9.15 Å². The summed E-state index contributed by atoms with van der Waals surface area (Å²) < 4.78 is 10.8. The Kier molecular flexibility index (Phi) is 4.61. The number of ether oxygens (including phenoxy) is 1. The smallest absolute Gasteiger partial charge is 0.245 e. The first-order chi connectivity index (χ1) is 11.7. The minimum atomic E-state index is -1.15. The summed E-state index contributed by atoms with van der Waals surface area (Å²) in [7, 11) is 0. The number of aliphatic hydroxyl groups excluding tert-OH is 2.